The van der Waals surface area contributed by atoms with Crippen LogP contribution in [0.4, 0.5) is 0 Å². The molecule has 0 saturated heterocycles. The molecule has 488 valence electrons. The standard InChI is InChI=1S/C49H95N25O12/c1-25(66-45(86)34(24-35(52)77)67-27(3)76)38(79)68-30(14-8-20-62-46(54)55)41(82)71-32(16-10-22-64-48(58)59)43(84)72-31(15-9-21-63-47(56)57)42(83)70-28(12-4-6-18-50)39(80)69-29(13-5-7-19-51)40(81)73-33(17-11-23-65-49(60)61)44(85)74-36(26(2)75)37(53)78/h25-26,28-34,36,75H,4-24,50-51H2,1-3H3,(H2,52,77)(H2,53,78)(H,66,86)(H,67,76)(H,68,79)(H,69,80)(H,70,83)(H,71,82)(H,72,84)(H,73,81)(H,74,85)(H4,54,55,62)(H4,56,57,63)(H4,58,59,64)(H4,60,61,65)/t25-,26+,28-,29-,30-,31-,32-,33-,34-,36-/m0/s1. The van der Waals surface area contributed by atoms with Crippen molar-refractivity contribution in [3.05, 3.63) is 0 Å². The molecule has 0 saturated carbocycles. The summed E-state index contributed by atoms with van der Waals surface area (Å²) in [5.74, 6) is -11.0. The van der Waals surface area contributed by atoms with E-state index in [1.54, 1.807) is 0 Å². The Balaban J connectivity index is 7.30. The molecule has 0 fully saturated rings. The number of aliphatic hydroxyl groups excluding tert-OH is 1. The van der Waals surface area contributed by atoms with Crippen molar-refractivity contribution in [2.75, 3.05) is 39.3 Å². The first-order chi connectivity index (χ1) is 40.4. The molecule has 0 aliphatic heterocycles. The van der Waals surface area contributed by atoms with E-state index in [0.717, 1.165) is 6.92 Å². The van der Waals surface area contributed by atoms with Gasteiger partial charge in [0.2, 0.25) is 65.0 Å². The number of nitrogens with zero attached hydrogens (tertiary/aromatic N) is 4. The molecule has 0 rings (SSSR count). The van der Waals surface area contributed by atoms with Gasteiger partial charge in [-0.1, -0.05) is 0 Å². The highest BCUT2D eigenvalue weighted by atomic mass is 16.3. The van der Waals surface area contributed by atoms with E-state index < -0.39 is 132 Å². The van der Waals surface area contributed by atoms with E-state index in [2.05, 4.69) is 67.8 Å². The lowest BCUT2D eigenvalue weighted by atomic mass is 10.0. The number of carbonyl (C=O) groups excluding carboxylic acids is 11. The molecular formula is C49H95N25O12. The predicted octanol–water partition coefficient (Wildman–Crippen LogP) is -10.4. The molecule has 0 unspecified atom stereocenters. The Bertz CT molecular complexity index is 2320. The number of aliphatic imine (C=N–C) groups is 4. The third-order valence-electron chi connectivity index (χ3n) is 12.4. The maximum absolute atomic E-state index is 14.5. The Morgan fingerprint density at radius 2 is 0.628 bits per heavy atom. The van der Waals surface area contributed by atoms with Gasteiger partial charge in [0.25, 0.3) is 0 Å². The van der Waals surface area contributed by atoms with Gasteiger partial charge in [-0.15, -0.1) is 0 Å². The predicted molar refractivity (Wildman–Crippen MR) is 319 cm³/mol. The van der Waals surface area contributed by atoms with Gasteiger partial charge in [0.1, 0.15) is 54.4 Å². The van der Waals surface area contributed by atoms with Crippen LogP contribution in [0.5, 0.6) is 0 Å². The zero-order valence-electron chi connectivity index (χ0n) is 49.3. The van der Waals surface area contributed by atoms with Gasteiger partial charge >= 0.3 is 0 Å². The Morgan fingerprint density at radius 3 is 0.872 bits per heavy atom. The van der Waals surface area contributed by atoms with E-state index in [1.165, 1.54) is 13.8 Å². The summed E-state index contributed by atoms with van der Waals surface area (Å²) in [4.78, 5) is 163. The fourth-order valence-corrected chi connectivity index (χ4v) is 7.99. The molecule has 34 N–H and O–H groups in total. The fraction of sp³-hybridized carbons (Fsp3) is 0.694. The monoisotopic (exact) mass is 1230 g/mol. The van der Waals surface area contributed by atoms with Crippen molar-refractivity contribution in [2.24, 2.45) is 88.8 Å². The Kier molecular flexibility index (Phi) is 38.4. The third-order valence-corrected chi connectivity index (χ3v) is 12.4. The molecule has 37 nitrogen and oxygen atoms in total. The van der Waals surface area contributed by atoms with E-state index in [0.29, 0.717) is 19.3 Å². The number of nitrogens with one attached hydrogen (secondary N) is 9. The minimum absolute atomic E-state index is 0.0141. The minimum Gasteiger partial charge on any atom is -0.391 e. The Hall–Kier alpha value is -8.87. The van der Waals surface area contributed by atoms with Crippen LogP contribution in [0.2, 0.25) is 0 Å². The molecule has 11 amide bonds. The van der Waals surface area contributed by atoms with Crippen molar-refractivity contribution in [3.8, 4) is 0 Å². The summed E-state index contributed by atoms with van der Waals surface area (Å²) in [6.45, 7) is 3.92. The van der Waals surface area contributed by atoms with Crippen LogP contribution in [-0.2, 0) is 52.7 Å². The Labute approximate surface area is 498 Å². The molecule has 0 radical (unpaired) electrons. The first-order valence-electron chi connectivity index (χ1n) is 28.0. The van der Waals surface area contributed by atoms with Crippen molar-refractivity contribution in [1.82, 2.24) is 47.9 Å². The summed E-state index contributed by atoms with van der Waals surface area (Å²) in [6.07, 6.45) is -0.979. The summed E-state index contributed by atoms with van der Waals surface area (Å²) < 4.78 is 0. The van der Waals surface area contributed by atoms with Crippen LogP contribution in [-0.4, -0.2) is 194 Å². The van der Waals surface area contributed by atoms with E-state index in [9.17, 15) is 57.8 Å². The number of guanidine groups is 4. The topological polar surface area (TPSA) is 678 Å². The van der Waals surface area contributed by atoms with Crippen molar-refractivity contribution in [1.29, 1.82) is 0 Å². The molecule has 10 atom stereocenters. The molecule has 37 heteroatoms. The maximum Gasteiger partial charge on any atom is 0.243 e. The van der Waals surface area contributed by atoms with Crippen LogP contribution in [0, 0.1) is 0 Å². The molecule has 0 bridgehead atoms. The zero-order chi connectivity index (χ0) is 65.5. The number of hydrogen-bond donors (Lipinski definition) is 22. The molecule has 86 heavy (non-hydrogen) atoms. The molecule has 0 aliphatic rings. The SMILES string of the molecule is CC(=O)N[C@@H](CC(N)=O)C(=O)N[C@@H](C)C(=O)N[C@@H](CCCN=C(N)N)C(=O)N[C@@H](CCCN=C(N)N)C(=O)N[C@@H](CCCN=C(N)N)C(=O)N[C@@H](CCCCN)C(=O)N[C@@H](CCCCN)C(=O)N[C@@H](CCCN=C(N)N)C(=O)N[C@H](C(N)=O)[C@@H](C)O. The lowest BCUT2D eigenvalue weighted by molar-refractivity contribution is -0.136. The summed E-state index contributed by atoms with van der Waals surface area (Å²) >= 11 is 0. The minimum atomic E-state index is -1.54. The van der Waals surface area contributed by atoms with Gasteiger partial charge in [-0.3, -0.25) is 72.7 Å². The van der Waals surface area contributed by atoms with Crippen LogP contribution in [0.25, 0.3) is 0 Å². The largest absolute Gasteiger partial charge is 0.391 e. The van der Waals surface area contributed by atoms with Crippen molar-refractivity contribution in [3.63, 3.8) is 0 Å². The van der Waals surface area contributed by atoms with E-state index in [1.807, 2.05) is 0 Å². The smallest absolute Gasteiger partial charge is 0.243 e. The van der Waals surface area contributed by atoms with Gasteiger partial charge in [0.05, 0.1) is 12.5 Å². The number of unbranched alkanes of at least 4 members (excludes halogenated alkanes) is 2. The highest BCUT2D eigenvalue weighted by Gasteiger charge is 2.35. The zero-order valence-corrected chi connectivity index (χ0v) is 49.3. The van der Waals surface area contributed by atoms with Gasteiger partial charge in [-0.25, -0.2) is 0 Å². The summed E-state index contributed by atoms with van der Waals surface area (Å²) in [5, 5.41) is 32.8. The molecule has 0 spiro atoms. The van der Waals surface area contributed by atoms with Crippen LogP contribution >= 0.6 is 0 Å². The number of aliphatic hydroxyl groups is 1. The van der Waals surface area contributed by atoms with Crippen LogP contribution in [0.3, 0.4) is 0 Å². The lowest BCUT2D eigenvalue weighted by Gasteiger charge is -2.28. The molecule has 0 aromatic carbocycles. The second kappa shape index (κ2) is 42.9. The molecule has 0 aromatic heterocycles. The first-order valence-corrected chi connectivity index (χ1v) is 28.0. The van der Waals surface area contributed by atoms with Crippen LogP contribution in [0.1, 0.15) is 117 Å². The highest BCUT2D eigenvalue weighted by molar-refractivity contribution is 5.99. The van der Waals surface area contributed by atoms with Gasteiger partial charge in [-0.05, 0) is 117 Å². The second-order valence-electron chi connectivity index (χ2n) is 20.0. The van der Waals surface area contributed by atoms with Gasteiger partial charge < -0.3 is 122 Å². The second-order valence-corrected chi connectivity index (χ2v) is 20.0. The van der Waals surface area contributed by atoms with Crippen LogP contribution in [0.15, 0.2) is 20.0 Å². The number of rotatable bonds is 45. The van der Waals surface area contributed by atoms with E-state index in [-0.39, 0.29) is 134 Å². The Morgan fingerprint density at radius 1 is 0.360 bits per heavy atom. The van der Waals surface area contributed by atoms with Crippen molar-refractivity contribution in [2.45, 2.75) is 178 Å². The van der Waals surface area contributed by atoms with E-state index in [4.69, 9.17) is 68.8 Å². The van der Waals surface area contributed by atoms with Gasteiger partial charge in [0, 0.05) is 33.1 Å². The maximum atomic E-state index is 14.5. The number of carbonyl (C=O) groups is 11. The molecular weight excluding hydrogens is 1130 g/mol. The first kappa shape index (κ1) is 77.1. The lowest BCUT2D eigenvalue weighted by Crippen LogP contribution is -2.60. The van der Waals surface area contributed by atoms with Crippen LogP contribution < -0.4 is 117 Å². The fourth-order valence-electron chi connectivity index (χ4n) is 7.99. The average molecular weight is 1230 g/mol. The number of nitrogens with two attached hydrogens (primary N) is 12. The quantitative estimate of drug-likeness (QED) is 0.0153. The normalized spacial score (nSPS) is 14.3. The molecule has 0 aliphatic carbocycles. The molecule has 0 aromatic rings. The summed E-state index contributed by atoms with van der Waals surface area (Å²) in [5.41, 5.74) is 66.3. The van der Waals surface area contributed by atoms with E-state index >= 15 is 0 Å². The van der Waals surface area contributed by atoms with Gasteiger partial charge in [-0.2, -0.15) is 0 Å². The van der Waals surface area contributed by atoms with Gasteiger partial charge in [0.15, 0.2) is 23.8 Å². The third kappa shape index (κ3) is 34.7. The molecule has 0 heterocycles. The van der Waals surface area contributed by atoms with Crippen molar-refractivity contribution < 1.29 is 57.8 Å². The van der Waals surface area contributed by atoms with Crippen molar-refractivity contribution >= 4 is 88.8 Å². The number of primary amides is 2. The number of hydrogen-bond acceptors (Lipinski definition) is 18. The summed E-state index contributed by atoms with van der Waals surface area (Å²) in [6, 6.07) is -12.9. The average Bonchev–Trinajstić information content (AvgIpc) is 3.27. The highest BCUT2D eigenvalue weighted by Crippen LogP contribution is 2.11. The number of amides is 11. The summed E-state index contributed by atoms with van der Waals surface area (Å²) in [7, 11) is 0.